The molecule has 2 aromatic heterocycles. The maximum atomic E-state index is 13.4. The lowest BCUT2D eigenvalue weighted by Crippen LogP contribution is -2.52. The Kier molecular flexibility index (Phi) is 6.06. The number of aliphatic hydroxyl groups is 2. The molecule has 3 aromatic rings. The second-order valence-corrected chi connectivity index (χ2v) is 10.2. The fourth-order valence-corrected chi connectivity index (χ4v) is 5.03. The van der Waals surface area contributed by atoms with Crippen LogP contribution in [0.1, 0.15) is 42.6 Å². The minimum absolute atomic E-state index is 0.0930. The molecule has 0 unspecified atom stereocenters. The van der Waals surface area contributed by atoms with Crippen molar-refractivity contribution in [2.24, 2.45) is 5.92 Å². The molecule has 9 nitrogen and oxygen atoms in total. The second-order valence-electron chi connectivity index (χ2n) is 10.2. The molecule has 0 spiro atoms. The van der Waals surface area contributed by atoms with E-state index in [9.17, 15) is 28.2 Å². The van der Waals surface area contributed by atoms with Gasteiger partial charge >= 0.3 is 6.18 Å². The van der Waals surface area contributed by atoms with Gasteiger partial charge in [0.1, 0.15) is 17.9 Å². The lowest BCUT2D eigenvalue weighted by Gasteiger charge is -2.41. The highest BCUT2D eigenvalue weighted by Crippen LogP contribution is 2.43. The van der Waals surface area contributed by atoms with Crippen LogP contribution in [0.5, 0.6) is 5.75 Å². The number of carbonyl (C=O) groups is 1. The molecule has 5 rings (SSSR count). The van der Waals surface area contributed by atoms with E-state index < -0.39 is 29.2 Å². The van der Waals surface area contributed by atoms with Crippen LogP contribution in [-0.2, 0) is 6.42 Å². The molecule has 1 amide bonds. The van der Waals surface area contributed by atoms with Gasteiger partial charge in [0.05, 0.1) is 23.2 Å². The lowest BCUT2D eigenvalue weighted by molar-refractivity contribution is -0.273. The number of piperidine rings is 1. The van der Waals surface area contributed by atoms with Crippen LogP contribution >= 0.6 is 0 Å². The number of anilines is 2. The van der Waals surface area contributed by atoms with Gasteiger partial charge in [0, 0.05) is 38.0 Å². The summed E-state index contributed by atoms with van der Waals surface area (Å²) >= 11 is 0. The van der Waals surface area contributed by atoms with Gasteiger partial charge in [-0.2, -0.15) is 18.3 Å². The summed E-state index contributed by atoms with van der Waals surface area (Å²) in [5, 5.41) is 27.7. The van der Waals surface area contributed by atoms with Crippen molar-refractivity contribution in [1.29, 1.82) is 0 Å². The summed E-state index contributed by atoms with van der Waals surface area (Å²) in [6.07, 6.45) is 0.447. The number of fused-ring (bicyclic) bond motifs is 2. The predicted molar refractivity (Wildman–Crippen MR) is 129 cm³/mol. The molecule has 4 heterocycles. The zero-order valence-electron chi connectivity index (χ0n) is 20.4. The first-order valence-electron chi connectivity index (χ1n) is 12.0. The first-order chi connectivity index (χ1) is 17.4. The van der Waals surface area contributed by atoms with Crippen LogP contribution in [0, 0.1) is 5.92 Å². The van der Waals surface area contributed by atoms with Crippen molar-refractivity contribution >= 4 is 22.9 Å². The molecule has 0 bridgehead atoms. The number of nitrogens with zero attached hydrogens (tertiary/aromatic N) is 4. The first-order valence-corrected chi connectivity index (χ1v) is 12.0. The number of amides is 1. The third-order valence-corrected chi connectivity index (χ3v) is 7.27. The molecule has 2 aliphatic rings. The average molecular weight is 520 g/mol. The third-order valence-electron chi connectivity index (χ3n) is 7.27. The van der Waals surface area contributed by atoms with Crippen molar-refractivity contribution in [1.82, 2.24) is 14.6 Å². The van der Waals surface area contributed by atoms with Gasteiger partial charge < -0.3 is 25.2 Å². The largest absolute Gasteiger partial charge is 0.490 e. The monoisotopic (exact) mass is 519 g/mol. The van der Waals surface area contributed by atoms with Gasteiger partial charge in [-0.1, -0.05) is 0 Å². The normalized spacial score (nSPS) is 22.3. The average Bonchev–Trinajstić information content (AvgIpc) is 3.27. The Morgan fingerprint density at radius 3 is 2.70 bits per heavy atom. The van der Waals surface area contributed by atoms with Crippen molar-refractivity contribution in [3.05, 3.63) is 47.9 Å². The SMILES string of the molecule is C[C@@]1(O)COc2cc(N3CCC([C@](C)(O)C(F)(F)F)CC3)c(NC(=O)c3cnn4cccnc34)cc2C1. The van der Waals surface area contributed by atoms with Gasteiger partial charge in [-0.05, 0) is 50.3 Å². The Morgan fingerprint density at radius 1 is 1.27 bits per heavy atom. The van der Waals surface area contributed by atoms with Crippen molar-refractivity contribution in [2.45, 2.75) is 50.5 Å². The molecule has 1 aromatic carbocycles. The predicted octanol–water partition coefficient (Wildman–Crippen LogP) is 3.20. The first kappa shape index (κ1) is 25.3. The smallest absolute Gasteiger partial charge is 0.417 e. The zero-order chi connectivity index (χ0) is 26.6. The molecule has 0 radical (unpaired) electrons. The molecule has 198 valence electrons. The summed E-state index contributed by atoms with van der Waals surface area (Å²) in [5.74, 6) is -0.856. The van der Waals surface area contributed by atoms with E-state index in [4.69, 9.17) is 4.74 Å². The van der Waals surface area contributed by atoms with E-state index in [0.717, 1.165) is 6.92 Å². The highest BCUT2D eigenvalue weighted by atomic mass is 19.4. The van der Waals surface area contributed by atoms with E-state index in [1.807, 2.05) is 4.90 Å². The minimum atomic E-state index is -4.72. The van der Waals surface area contributed by atoms with Gasteiger partial charge in [-0.15, -0.1) is 0 Å². The zero-order valence-corrected chi connectivity index (χ0v) is 20.4. The van der Waals surface area contributed by atoms with Crippen molar-refractivity contribution in [2.75, 3.05) is 29.9 Å². The number of alkyl halides is 3. The number of carbonyl (C=O) groups excluding carboxylic acids is 1. The van der Waals surface area contributed by atoms with E-state index in [-0.39, 0.29) is 38.1 Å². The molecule has 37 heavy (non-hydrogen) atoms. The number of nitrogens with one attached hydrogen (secondary N) is 1. The Labute approximate surface area is 210 Å². The van der Waals surface area contributed by atoms with Gasteiger partial charge in [-0.3, -0.25) is 4.79 Å². The van der Waals surface area contributed by atoms with Gasteiger partial charge in [0.15, 0.2) is 11.2 Å². The minimum Gasteiger partial charge on any atom is -0.490 e. The van der Waals surface area contributed by atoms with Crippen LogP contribution < -0.4 is 15.0 Å². The molecule has 12 heteroatoms. The highest BCUT2D eigenvalue weighted by Gasteiger charge is 2.55. The number of hydrogen-bond acceptors (Lipinski definition) is 7. The maximum absolute atomic E-state index is 13.4. The number of halogens is 3. The Morgan fingerprint density at radius 2 is 2.00 bits per heavy atom. The Hall–Kier alpha value is -3.38. The fraction of sp³-hybridized carbons (Fsp3) is 0.480. The molecule has 3 N–H and O–H groups in total. The van der Waals surface area contributed by atoms with E-state index in [2.05, 4.69) is 15.4 Å². The lowest BCUT2D eigenvalue weighted by atomic mass is 9.81. The highest BCUT2D eigenvalue weighted by molar-refractivity contribution is 6.09. The van der Waals surface area contributed by atoms with Crippen LogP contribution in [-0.4, -0.2) is 67.8 Å². The summed E-state index contributed by atoms with van der Waals surface area (Å²) in [6, 6.07) is 5.17. The second kappa shape index (κ2) is 8.88. The van der Waals surface area contributed by atoms with Crippen LogP contribution in [0.25, 0.3) is 5.65 Å². The molecular formula is C25H28F3N5O4. The molecule has 1 saturated heterocycles. The van der Waals surface area contributed by atoms with Gasteiger partial charge in [0.25, 0.3) is 5.91 Å². The molecule has 0 saturated carbocycles. The van der Waals surface area contributed by atoms with E-state index >= 15 is 0 Å². The van der Waals surface area contributed by atoms with E-state index in [0.29, 0.717) is 34.8 Å². The Balaban J connectivity index is 1.45. The maximum Gasteiger partial charge on any atom is 0.417 e. The van der Waals surface area contributed by atoms with Crippen LogP contribution in [0.3, 0.4) is 0 Å². The van der Waals surface area contributed by atoms with Crippen LogP contribution in [0.4, 0.5) is 24.5 Å². The molecule has 0 aliphatic carbocycles. The molecule has 1 fully saturated rings. The summed E-state index contributed by atoms with van der Waals surface area (Å²) in [5.41, 5.74) is -1.51. The topological polar surface area (TPSA) is 112 Å². The number of rotatable bonds is 4. The van der Waals surface area contributed by atoms with Crippen molar-refractivity contribution < 1.29 is 32.9 Å². The molecular weight excluding hydrogens is 491 g/mol. The summed E-state index contributed by atoms with van der Waals surface area (Å²) < 4.78 is 47.4. The quantitative estimate of drug-likeness (QED) is 0.485. The molecule has 2 atom stereocenters. The van der Waals surface area contributed by atoms with Crippen molar-refractivity contribution in [3.63, 3.8) is 0 Å². The van der Waals surface area contributed by atoms with Crippen LogP contribution in [0.15, 0.2) is 36.8 Å². The van der Waals surface area contributed by atoms with Gasteiger partial charge in [-0.25, -0.2) is 9.50 Å². The van der Waals surface area contributed by atoms with Crippen molar-refractivity contribution in [3.8, 4) is 5.75 Å². The summed E-state index contributed by atoms with van der Waals surface area (Å²) in [7, 11) is 0. The summed E-state index contributed by atoms with van der Waals surface area (Å²) in [4.78, 5) is 19.3. The fourth-order valence-electron chi connectivity index (χ4n) is 5.03. The number of ether oxygens (including phenoxy) is 1. The van der Waals surface area contributed by atoms with Crippen LogP contribution in [0.2, 0.25) is 0 Å². The number of aromatic nitrogens is 3. The number of hydrogen-bond donors (Lipinski definition) is 3. The Bertz CT molecular complexity index is 1330. The molecule has 2 aliphatic heterocycles. The van der Waals surface area contributed by atoms with E-state index in [1.54, 1.807) is 37.5 Å². The van der Waals surface area contributed by atoms with E-state index in [1.165, 1.54) is 10.7 Å². The van der Waals surface area contributed by atoms with Gasteiger partial charge in [0.2, 0.25) is 0 Å². The third kappa shape index (κ3) is 4.71. The number of benzene rings is 1. The summed E-state index contributed by atoms with van der Waals surface area (Å²) in [6.45, 7) is 3.06. The standard InChI is InChI=1S/C25H28F3N5O4/c1-23(35)12-15-10-18(31-22(34)17-13-30-33-7-3-6-29-21(17)33)19(11-20(15)37-14-23)32-8-4-16(5-9-32)24(2,36)25(26,27)28/h3,6-7,10-11,13,16,35-36H,4-5,8-9,12,14H2,1-2H3,(H,31,34)/t23-,24-/m0/s1.